The number of ether oxygens (including phenoxy) is 2. The second kappa shape index (κ2) is 6.61. The molecule has 0 aliphatic carbocycles. The highest BCUT2D eigenvalue weighted by atomic mass is 16.5. The zero-order valence-electron chi connectivity index (χ0n) is 11.6. The van der Waals surface area contributed by atoms with Gasteiger partial charge in [-0.3, -0.25) is 0 Å². The monoisotopic (exact) mass is 271 g/mol. The molecule has 0 saturated carbocycles. The number of benzene rings is 2. The molecule has 4 heteroatoms. The zero-order chi connectivity index (χ0) is 14.4. The second-order valence-corrected chi connectivity index (χ2v) is 4.27. The van der Waals surface area contributed by atoms with Crippen LogP contribution in [0.1, 0.15) is 15.9 Å². The van der Waals surface area contributed by atoms with Crippen LogP contribution < -0.4 is 10.1 Å². The summed E-state index contributed by atoms with van der Waals surface area (Å²) in [6.45, 7) is 0.636. The minimum absolute atomic E-state index is 0.323. The maximum Gasteiger partial charge on any atom is 0.337 e. The first-order valence-corrected chi connectivity index (χ1v) is 6.28. The number of esters is 1. The van der Waals surface area contributed by atoms with Crippen LogP contribution in [0.25, 0.3) is 0 Å². The van der Waals surface area contributed by atoms with Gasteiger partial charge < -0.3 is 14.8 Å². The molecule has 0 atom stereocenters. The van der Waals surface area contributed by atoms with E-state index in [0.717, 1.165) is 17.0 Å². The van der Waals surface area contributed by atoms with Crippen LogP contribution in [-0.4, -0.2) is 20.2 Å². The first kappa shape index (κ1) is 13.9. The number of hydrogen-bond acceptors (Lipinski definition) is 4. The van der Waals surface area contributed by atoms with E-state index in [1.807, 2.05) is 42.5 Å². The summed E-state index contributed by atoms with van der Waals surface area (Å²) in [6, 6.07) is 15.1. The Hall–Kier alpha value is -2.49. The first-order valence-electron chi connectivity index (χ1n) is 6.28. The zero-order valence-corrected chi connectivity index (χ0v) is 11.6. The van der Waals surface area contributed by atoms with Crippen molar-refractivity contribution in [2.24, 2.45) is 0 Å². The lowest BCUT2D eigenvalue weighted by Crippen LogP contribution is -2.04. The van der Waals surface area contributed by atoms with Gasteiger partial charge in [0, 0.05) is 12.2 Å². The van der Waals surface area contributed by atoms with E-state index in [-0.39, 0.29) is 5.97 Å². The molecule has 0 saturated heterocycles. The number of hydrogen-bond donors (Lipinski definition) is 1. The van der Waals surface area contributed by atoms with Crippen molar-refractivity contribution in [3.05, 3.63) is 59.7 Å². The van der Waals surface area contributed by atoms with Gasteiger partial charge >= 0.3 is 5.97 Å². The largest absolute Gasteiger partial charge is 0.497 e. The molecule has 0 amide bonds. The van der Waals surface area contributed by atoms with Crippen LogP contribution in [0.3, 0.4) is 0 Å². The average Bonchev–Trinajstić information content (AvgIpc) is 2.53. The lowest BCUT2D eigenvalue weighted by Gasteiger charge is -2.08. The topological polar surface area (TPSA) is 47.6 Å². The van der Waals surface area contributed by atoms with Gasteiger partial charge in [-0.25, -0.2) is 4.79 Å². The number of carbonyl (C=O) groups is 1. The highest BCUT2D eigenvalue weighted by Gasteiger charge is 2.05. The van der Waals surface area contributed by atoms with Crippen molar-refractivity contribution in [3.63, 3.8) is 0 Å². The summed E-state index contributed by atoms with van der Waals surface area (Å²) in [5.41, 5.74) is 2.57. The van der Waals surface area contributed by atoms with Gasteiger partial charge in [-0.2, -0.15) is 0 Å². The van der Waals surface area contributed by atoms with Gasteiger partial charge in [0.25, 0.3) is 0 Å². The maximum atomic E-state index is 11.5. The third-order valence-electron chi connectivity index (χ3n) is 2.93. The summed E-state index contributed by atoms with van der Waals surface area (Å²) in [4.78, 5) is 11.5. The fourth-order valence-corrected chi connectivity index (χ4v) is 1.84. The van der Waals surface area contributed by atoms with Gasteiger partial charge in [-0.05, 0) is 42.0 Å². The van der Waals surface area contributed by atoms with Crippen LogP contribution in [-0.2, 0) is 11.3 Å². The minimum Gasteiger partial charge on any atom is -0.497 e. The van der Waals surface area contributed by atoms with Crippen LogP contribution in [0.5, 0.6) is 5.75 Å². The molecule has 0 bridgehead atoms. The van der Waals surface area contributed by atoms with Crippen LogP contribution in [0.15, 0.2) is 48.5 Å². The minimum atomic E-state index is -0.323. The molecule has 104 valence electrons. The van der Waals surface area contributed by atoms with E-state index in [1.165, 1.54) is 7.11 Å². The SMILES string of the molecule is COC(=O)c1cccc(CNc2ccc(OC)cc2)c1. The molecule has 0 radical (unpaired) electrons. The Morgan fingerprint density at radius 3 is 2.50 bits per heavy atom. The fourth-order valence-electron chi connectivity index (χ4n) is 1.84. The fraction of sp³-hybridized carbons (Fsp3) is 0.188. The van der Waals surface area contributed by atoms with Gasteiger partial charge in [-0.15, -0.1) is 0 Å². The van der Waals surface area contributed by atoms with Gasteiger partial charge in [0.2, 0.25) is 0 Å². The summed E-state index contributed by atoms with van der Waals surface area (Å²) in [7, 11) is 3.02. The average molecular weight is 271 g/mol. The van der Waals surface area contributed by atoms with Crippen LogP contribution in [0, 0.1) is 0 Å². The highest BCUT2D eigenvalue weighted by Crippen LogP contribution is 2.16. The normalized spacial score (nSPS) is 9.90. The molecular formula is C16H17NO3. The van der Waals surface area contributed by atoms with Crippen molar-refractivity contribution < 1.29 is 14.3 Å². The Labute approximate surface area is 118 Å². The Balaban J connectivity index is 2.01. The summed E-state index contributed by atoms with van der Waals surface area (Å²) in [5, 5.41) is 3.29. The van der Waals surface area contributed by atoms with E-state index in [0.29, 0.717) is 12.1 Å². The summed E-state index contributed by atoms with van der Waals surface area (Å²) >= 11 is 0. The maximum absolute atomic E-state index is 11.5. The van der Waals surface area contributed by atoms with E-state index in [2.05, 4.69) is 5.32 Å². The lowest BCUT2D eigenvalue weighted by molar-refractivity contribution is 0.0600. The third-order valence-corrected chi connectivity index (χ3v) is 2.93. The number of methoxy groups -OCH3 is 2. The van der Waals surface area contributed by atoms with Gasteiger partial charge in [-0.1, -0.05) is 12.1 Å². The first-order chi connectivity index (χ1) is 9.72. The molecule has 0 aliphatic rings. The van der Waals surface area contributed by atoms with E-state index in [4.69, 9.17) is 9.47 Å². The van der Waals surface area contributed by atoms with Crippen LogP contribution >= 0.6 is 0 Å². The van der Waals surface area contributed by atoms with Crippen molar-refractivity contribution >= 4 is 11.7 Å². The molecule has 4 nitrogen and oxygen atoms in total. The molecule has 2 aromatic carbocycles. The predicted molar refractivity (Wildman–Crippen MR) is 78.1 cm³/mol. The molecule has 0 heterocycles. The number of carbonyl (C=O) groups excluding carboxylic acids is 1. The Morgan fingerprint density at radius 2 is 1.85 bits per heavy atom. The van der Waals surface area contributed by atoms with Gasteiger partial charge in [0.05, 0.1) is 19.8 Å². The molecule has 2 aromatic rings. The molecular weight excluding hydrogens is 254 g/mol. The lowest BCUT2D eigenvalue weighted by atomic mass is 10.1. The number of anilines is 1. The second-order valence-electron chi connectivity index (χ2n) is 4.27. The Kier molecular flexibility index (Phi) is 4.60. The quantitative estimate of drug-likeness (QED) is 0.849. The molecule has 0 spiro atoms. The summed E-state index contributed by atoms with van der Waals surface area (Å²) in [5.74, 6) is 0.500. The molecule has 2 rings (SSSR count). The number of rotatable bonds is 5. The van der Waals surface area contributed by atoms with E-state index < -0.39 is 0 Å². The van der Waals surface area contributed by atoms with Crippen LogP contribution in [0.4, 0.5) is 5.69 Å². The highest BCUT2D eigenvalue weighted by molar-refractivity contribution is 5.89. The molecule has 1 N–H and O–H groups in total. The van der Waals surface area contributed by atoms with Gasteiger partial charge in [0.1, 0.15) is 5.75 Å². The summed E-state index contributed by atoms with van der Waals surface area (Å²) in [6.07, 6.45) is 0. The van der Waals surface area contributed by atoms with Crippen molar-refractivity contribution in [1.82, 2.24) is 0 Å². The van der Waals surface area contributed by atoms with Crippen molar-refractivity contribution in [2.75, 3.05) is 19.5 Å². The van der Waals surface area contributed by atoms with E-state index in [9.17, 15) is 4.79 Å². The molecule has 0 aromatic heterocycles. The summed E-state index contributed by atoms with van der Waals surface area (Å²) < 4.78 is 9.81. The molecule has 0 aliphatic heterocycles. The van der Waals surface area contributed by atoms with Gasteiger partial charge in [0.15, 0.2) is 0 Å². The van der Waals surface area contributed by atoms with E-state index in [1.54, 1.807) is 13.2 Å². The van der Waals surface area contributed by atoms with Crippen molar-refractivity contribution in [1.29, 1.82) is 0 Å². The van der Waals surface area contributed by atoms with Crippen molar-refractivity contribution in [3.8, 4) is 5.75 Å². The standard InChI is InChI=1S/C16H17NO3/c1-19-15-8-6-14(7-9-15)17-11-12-4-3-5-13(10-12)16(18)20-2/h3-10,17H,11H2,1-2H3. The Bertz CT molecular complexity index is 579. The van der Waals surface area contributed by atoms with Crippen LogP contribution in [0.2, 0.25) is 0 Å². The van der Waals surface area contributed by atoms with E-state index >= 15 is 0 Å². The molecule has 20 heavy (non-hydrogen) atoms. The third kappa shape index (κ3) is 3.51. The predicted octanol–water partition coefficient (Wildman–Crippen LogP) is 3.09. The van der Waals surface area contributed by atoms with Crippen molar-refractivity contribution in [2.45, 2.75) is 6.54 Å². The smallest absolute Gasteiger partial charge is 0.337 e. The molecule has 0 fully saturated rings. The molecule has 0 unspecified atom stereocenters. The Morgan fingerprint density at radius 1 is 1.10 bits per heavy atom. The number of nitrogens with one attached hydrogen (secondary N) is 1.